The highest BCUT2D eigenvalue weighted by Gasteiger charge is 2.17. The number of aliphatic hydroxyl groups is 2. The number of hydrogen-bond acceptors (Lipinski definition) is 2. The van der Waals surface area contributed by atoms with Crippen LogP contribution in [0.4, 0.5) is 0 Å². The van der Waals surface area contributed by atoms with Gasteiger partial charge in [-0.2, -0.15) is 0 Å². The minimum Gasteiger partial charge on any atom is -0.396 e. The van der Waals surface area contributed by atoms with Crippen molar-refractivity contribution in [3.8, 4) is 0 Å². The zero-order valence-corrected chi connectivity index (χ0v) is 13.9. The molecule has 0 saturated carbocycles. The van der Waals surface area contributed by atoms with E-state index in [1.807, 2.05) is 0 Å². The molecule has 0 aromatic carbocycles. The minimum absolute atomic E-state index is 0.104. The van der Waals surface area contributed by atoms with Crippen molar-refractivity contribution in [2.24, 2.45) is 5.92 Å². The Kier molecular flexibility index (Phi) is 15.3. The van der Waals surface area contributed by atoms with Crippen molar-refractivity contribution in [3.05, 3.63) is 0 Å². The summed E-state index contributed by atoms with van der Waals surface area (Å²) in [6.07, 6.45) is 15.4. The SMILES string of the molecule is CCCCCCCCC(CO)C(O)CCCCCCC. The van der Waals surface area contributed by atoms with Crippen molar-refractivity contribution >= 4 is 0 Å². The van der Waals surface area contributed by atoms with E-state index in [9.17, 15) is 10.2 Å². The van der Waals surface area contributed by atoms with Crippen molar-refractivity contribution in [1.29, 1.82) is 0 Å². The summed E-state index contributed by atoms with van der Waals surface area (Å²) in [4.78, 5) is 0. The highest BCUT2D eigenvalue weighted by atomic mass is 16.3. The molecule has 0 fully saturated rings. The molecule has 20 heavy (non-hydrogen) atoms. The van der Waals surface area contributed by atoms with Crippen LogP contribution in [0.15, 0.2) is 0 Å². The fraction of sp³-hybridized carbons (Fsp3) is 1.00. The lowest BCUT2D eigenvalue weighted by Gasteiger charge is -2.20. The van der Waals surface area contributed by atoms with Crippen LogP contribution in [0.1, 0.15) is 97.3 Å². The van der Waals surface area contributed by atoms with Gasteiger partial charge in [-0.3, -0.25) is 0 Å². The van der Waals surface area contributed by atoms with Gasteiger partial charge in [-0.15, -0.1) is 0 Å². The van der Waals surface area contributed by atoms with Crippen LogP contribution in [0, 0.1) is 5.92 Å². The molecule has 0 bridgehead atoms. The molecule has 0 aromatic rings. The zero-order chi connectivity index (χ0) is 15.1. The van der Waals surface area contributed by atoms with E-state index >= 15 is 0 Å². The molecule has 0 saturated heterocycles. The molecule has 0 spiro atoms. The topological polar surface area (TPSA) is 40.5 Å². The first-order valence-electron chi connectivity index (χ1n) is 9.05. The molecule has 0 aliphatic heterocycles. The quantitative estimate of drug-likeness (QED) is 0.413. The van der Waals surface area contributed by atoms with E-state index in [1.165, 1.54) is 57.8 Å². The fourth-order valence-corrected chi connectivity index (χ4v) is 2.78. The summed E-state index contributed by atoms with van der Waals surface area (Å²) in [5, 5.41) is 19.6. The van der Waals surface area contributed by atoms with E-state index in [-0.39, 0.29) is 18.6 Å². The van der Waals surface area contributed by atoms with E-state index in [2.05, 4.69) is 13.8 Å². The van der Waals surface area contributed by atoms with Gasteiger partial charge in [-0.1, -0.05) is 84.5 Å². The standard InChI is InChI=1S/C18H38O2/c1-3-5-7-9-11-12-14-17(16-19)18(20)15-13-10-8-6-4-2/h17-20H,3-16H2,1-2H3. The largest absolute Gasteiger partial charge is 0.396 e. The average Bonchev–Trinajstić information content (AvgIpc) is 2.46. The molecular formula is C18H38O2. The molecule has 2 atom stereocenters. The van der Waals surface area contributed by atoms with Crippen LogP contribution in [0.25, 0.3) is 0 Å². The zero-order valence-electron chi connectivity index (χ0n) is 13.9. The van der Waals surface area contributed by atoms with Crippen LogP contribution in [-0.2, 0) is 0 Å². The predicted molar refractivity (Wildman–Crippen MR) is 88.0 cm³/mol. The monoisotopic (exact) mass is 286 g/mol. The van der Waals surface area contributed by atoms with Crippen LogP contribution in [-0.4, -0.2) is 22.9 Å². The molecule has 0 rings (SSSR count). The van der Waals surface area contributed by atoms with E-state index in [0.717, 1.165) is 25.7 Å². The van der Waals surface area contributed by atoms with Gasteiger partial charge < -0.3 is 10.2 Å². The molecule has 0 radical (unpaired) electrons. The lowest BCUT2D eigenvalue weighted by molar-refractivity contribution is 0.0528. The summed E-state index contributed by atoms with van der Waals surface area (Å²) in [5.74, 6) is 0.104. The highest BCUT2D eigenvalue weighted by molar-refractivity contribution is 4.68. The van der Waals surface area contributed by atoms with Crippen molar-refractivity contribution in [2.45, 2.75) is 103 Å². The second kappa shape index (κ2) is 15.3. The summed E-state index contributed by atoms with van der Waals surface area (Å²) < 4.78 is 0. The number of rotatable bonds is 15. The molecule has 2 heteroatoms. The molecule has 122 valence electrons. The molecule has 2 nitrogen and oxygen atoms in total. The van der Waals surface area contributed by atoms with Gasteiger partial charge in [-0.05, 0) is 12.8 Å². The van der Waals surface area contributed by atoms with E-state index in [0.29, 0.717) is 0 Å². The first-order chi connectivity index (χ1) is 9.76. The Labute approximate surface area is 127 Å². The Morgan fingerprint density at radius 2 is 1.10 bits per heavy atom. The van der Waals surface area contributed by atoms with E-state index in [1.54, 1.807) is 0 Å². The third-order valence-electron chi connectivity index (χ3n) is 4.31. The normalized spacial score (nSPS) is 14.4. The summed E-state index contributed by atoms with van der Waals surface area (Å²) in [6.45, 7) is 4.60. The average molecular weight is 286 g/mol. The summed E-state index contributed by atoms with van der Waals surface area (Å²) in [6, 6.07) is 0. The van der Waals surface area contributed by atoms with Gasteiger partial charge in [0.2, 0.25) is 0 Å². The fourth-order valence-electron chi connectivity index (χ4n) is 2.78. The Hall–Kier alpha value is -0.0800. The van der Waals surface area contributed by atoms with E-state index < -0.39 is 0 Å². The number of aliphatic hydroxyl groups excluding tert-OH is 2. The molecule has 0 aromatic heterocycles. The Balaban J connectivity index is 3.55. The first kappa shape index (κ1) is 19.9. The van der Waals surface area contributed by atoms with Gasteiger partial charge in [0, 0.05) is 12.5 Å². The van der Waals surface area contributed by atoms with Crippen LogP contribution < -0.4 is 0 Å². The van der Waals surface area contributed by atoms with Gasteiger partial charge in [0.1, 0.15) is 0 Å². The Morgan fingerprint density at radius 1 is 0.650 bits per heavy atom. The predicted octanol–water partition coefficient (Wildman–Crippen LogP) is 5.07. The number of unbranched alkanes of at least 4 members (excludes halogenated alkanes) is 9. The molecule has 0 heterocycles. The molecule has 2 unspecified atom stereocenters. The van der Waals surface area contributed by atoms with Crippen LogP contribution in [0.3, 0.4) is 0 Å². The third-order valence-corrected chi connectivity index (χ3v) is 4.31. The summed E-state index contributed by atoms with van der Waals surface area (Å²) in [7, 11) is 0. The second-order valence-electron chi connectivity index (χ2n) is 6.27. The maximum absolute atomic E-state index is 10.1. The van der Waals surface area contributed by atoms with Crippen LogP contribution in [0.5, 0.6) is 0 Å². The van der Waals surface area contributed by atoms with Gasteiger partial charge in [0.25, 0.3) is 0 Å². The minimum atomic E-state index is -0.294. The third kappa shape index (κ3) is 11.7. The van der Waals surface area contributed by atoms with Crippen LogP contribution >= 0.6 is 0 Å². The van der Waals surface area contributed by atoms with Crippen molar-refractivity contribution < 1.29 is 10.2 Å². The van der Waals surface area contributed by atoms with Crippen molar-refractivity contribution in [3.63, 3.8) is 0 Å². The Bertz CT molecular complexity index is 182. The molecule has 0 amide bonds. The smallest absolute Gasteiger partial charge is 0.0590 e. The molecule has 0 aliphatic carbocycles. The number of hydrogen-bond donors (Lipinski definition) is 2. The Morgan fingerprint density at radius 3 is 1.60 bits per heavy atom. The molecular weight excluding hydrogens is 248 g/mol. The van der Waals surface area contributed by atoms with E-state index in [4.69, 9.17) is 0 Å². The van der Waals surface area contributed by atoms with Gasteiger partial charge in [-0.25, -0.2) is 0 Å². The maximum Gasteiger partial charge on any atom is 0.0590 e. The van der Waals surface area contributed by atoms with Crippen LogP contribution in [0.2, 0.25) is 0 Å². The van der Waals surface area contributed by atoms with Gasteiger partial charge >= 0.3 is 0 Å². The lowest BCUT2D eigenvalue weighted by atomic mass is 9.92. The van der Waals surface area contributed by atoms with Gasteiger partial charge in [0.15, 0.2) is 0 Å². The summed E-state index contributed by atoms with van der Waals surface area (Å²) >= 11 is 0. The molecule has 0 aliphatic rings. The van der Waals surface area contributed by atoms with Gasteiger partial charge in [0.05, 0.1) is 6.10 Å². The van der Waals surface area contributed by atoms with Crippen molar-refractivity contribution in [1.82, 2.24) is 0 Å². The lowest BCUT2D eigenvalue weighted by Crippen LogP contribution is -2.23. The molecule has 2 N–H and O–H groups in total. The maximum atomic E-state index is 10.1. The second-order valence-corrected chi connectivity index (χ2v) is 6.27. The highest BCUT2D eigenvalue weighted by Crippen LogP contribution is 2.19. The first-order valence-corrected chi connectivity index (χ1v) is 9.05. The summed E-state index contributed by atoms with van der Waals surface area (Å²) in [5.41, 5.74) is 0. The van der Waals surface area contributed by atoms with Crippen molar-refractivity contribution in [2.75, 3.05) is 6.61 Å².